The zero-order valence-corrected chi connectivity index (χ0v) is 12.3. The van der Waals surface area contributed by atoms with E-state index in [1.807, 2.05) is 24.3 Å². The Morgan fingerprint density at radius 1 is 1.42 bits per heavy atom. The van der Waals surface area contributed by atoms with E-state index in [-0.39, 0.29) is 17.3 Å². The standard InChI is InChI=1S/C16H21ClO2/c1-16(2)8-7-13(15(18)19)12(10-16)9-11-5-3-4-6-14(11)17/h3-6,12-13H,7-10H2,1-2H3,(H,18,19). The van der Waals surface area contributed by atoms with Gasteiger partial charge >= 0.3 is 5.97 Å². The van der Waals surface area contributed by atoms with Crippen molar-refractivity contribution in [2.24, 2.45) is 17.3 Å². The van der Waals surface area contributed by atoms with Crippen LogP contribution in [0.2, 0.25) is 5.02 Å². The summed E-state index contributed by atoms with van der Waals surface area (Å²) < 4.78 is 0. The quantitative estimate of drug-likeness (QED) is 0.890. The second-order valence-electron chi connectivity index (χ2n) is 6.41. The largest absolute Gasteiger partial charge is 0.481 e. The fraction of sp³-hybridized carbons (Fsp3) is 0.562. The SMILES string of the molecule is CC1(C)CCC(C(=O)O)C(Cc2ccccc2Cl)C1. The predicted molar refractivity (Wildman–Crippen MR) is 77.4 cm³/mol. The van der Waals surface area contributed by atoms with E-state index < -0.39 is 5.97 Å². The highest BCUT2D eigenvalue weighted by Gasteiger charge is 2.38. The normalized spacial score (nSPS) is 26.1. The Labute approximate surface area is 119 Å². The molecule has 1 fully saturated rings. The smallest absolute Gasteiger partial charge is 0.306 e. The molecular weight excluding hydrogens is 260 g/mol. The van der Waals surface area contributed by atoms with Gasteiger partial charge in [0.25, 0.3) is 0 Å². The minimum absolute atomic E-state index is 0.182. The van der Waals surface area contributed by atoms with Gasteiger partial charge in [0.1, 0.15) is 0 Å². The fourth-order valence-electron chi connectivity index (χ4n) is 3.22. The Morgan fingerprint density at radius 2 is 2.11 bits per heavy atom. The predicted octanol–water partition coefficient (Wildman–Crippen LogP) is 4.41. The molecule has 0 bridgehead atoms. The third-order valence-corrected chi connectivity index (χ3v) is 4.64. The van der Waals surface area contributed by atoms with Crippen LogP contribution in [0.3, 0.4) is 0 Å². The summed E-state index contributed by atoms with van der Waals surface area (Å²) in [6, 6.07) is 7.75. The number of halogens is 1. The summed E-state index contributed by atoms with van der Waals surface area (Å²) in [4.78, 5) is 11.4. The van der Waals surface area contributed by atoms with Gasteiger partial charge in [-0.1, -0.05) is 43.6 Å². The maximum atomic E-state index is 11.4. The van der Waals surface area contributed by atoms with Crippen molar-refractivity contribution in [2.45, 2.75) is 39.5 Å². The molecule has 1 aliphatic carbocycles. The van der Waals surface area contributed by atoms with Crippen LogP contribution in [-0.2, 0) is 11.2 Å². The first-order valence-electron chi connectivity index (χ1n) is 6.85. The van der Waals surface area contributed by atoms with Gasteiger partial charge in [0.2, 0.25) is 0 Å². The summed E-state index contributed by atoms with van der Waals surface area (Å²) in [6.45, 7) is 4.45. The zero-order chi connectivity index (χ0) is 14.0. The maximum Gasteiger partial charge on any atom is 0.306 e. The number of hydrogen-bond donors (Lipinski definition) is 1. The molecule has 0 radical (unpaired) electrons. The highest BCUT2D eigenvalue weighted by Crippen LogP contribution is 2.43. The molecule has 2 nitrogen and oxygen atoms in total. The summed E-state index contributed by atoms with van der Waals surface area (Å²) >= 11 is 6.19. The van der Waals surface area contributed by atoms with Crippen molar-refractivity contribution >= 4 is 17.6 Å². The summed E-state index contributed by atoms with van der Waals surface area (Å²) in [5.41, 5.74) is 1.30. The Kier molecular flexibility index (Phi) is 4.19. The van der Waals surface area contributed by atoms with E-state index in [2.05, 4.69) is 13.8 Å². The molecule has 1 aliphatic rings. The first kappa shape index (κ1) is 14.4. The average molecular weight is 281 g/mol. The van der Waals surface area contributed by atoms with E-state index in [1.54, 1.807) is 0 Å². The van der Waals surface area contributed by atoms with Crippen molar-refractivity contribution in [2.75, 3.05) is 0 Å². The lowest BCUT2D eigenvalue weighted by atomic mass is 9.65. The monoisotopic (exact) mass is 280 g/mol. The van der Waals surface area contributed by atoms with Crippen LogP contribution in [0, 0.1) is 17.3 Å². The van der Waals surface area contributed by atoms with E-state index in [4.69, 9.17) is 11.6 Å². The molecule has 2 unspecified atom stereocenters. The first-order valence-corrected chi connectivity index (χ1v) is 7.23. The molecule has 2 atom stereocenters. The van der Waals surface area contributed by atoms with Gasteiger partial charge < -0.3 is 5.11 Å². The summed E-state index contributed by atoms with van der Waals surface area (Å²) in [7, 11) is 0. The number of hydrogen-bond acceptors (Lipinski definition) is 1. The lowest BCUT2D eigenvalue weighted by Gasteiger charge is -2.39. The number of carbonyl (C=O) groups is 1. The van der Waals surface area contributed by atoms with Crippen LogP contribution < -0.4 is 0 Å². The molecule has 3 heteroatoms. The molecule has 1 aromatic rings. The van der Waals surface area contributed by atoms with Gasteiger partial charge in [-0.05, 0) is 48.6 Å². The molecular formula is C16H21ClO2. The van der Waals surface area contributed by atoms with Crippen molar-refractivity contribution in [1.82, 2.24) is 0 Å². The highest BCUT2D eigenvalue weighted by atomic mass is 35.5. The van der Waals surface area contributed by atoms with E-state index in [9.17, 15) is 9.90 Å². The third kappa shape index (κ3) is 3.50. The van der Waals surface area contributed by atoms with Crippen LogP contribution >= 0.6 is 11.6 Å². The molecule has 1 N–H and O–H groups in total. The van der Waals surface area contributed by atoms with Gasteiger partial charge in [0.15, 0.2) is 0 Å². The lowest BCUT2D eigenvalue weighted by molar-refractivity contribution is -0.146. The molecule has 1 aromatic carbocycles. The molecule has 0 heterocycles. The zero-order valence-electron chi connectivity index (χ0n) is 11.5. The fourth-order valence-corrected chi connectivity index (χ4v) is 3.43. The van der Waals surface area contributed by atoms with Crippen LogP contribution in [0.5, 0.6) is 0 Å². The van der Waals surface area contributed by atoms with E-state index >= 15 is 0 Å². The highest BCUT2D eigenvalue weighted by molar-refractivity contribution is 6.31. The van der Waals surface area contributed by atoms with Gasteiger partial charge in [-0.3, -0.25) is 4.79 Å². The van der Waals surface area contributed by atoms with E-state index in [0.29, 0.717) is 0 Å². The second-order valence-corrected chi connectivity index (χ2v) is 6.81. The second kappa shape index (κ2) is 5.54. The van der Waals surface area contributed by atoms with Crippen molar-refractivity contribution in [3.05, 3.63) is 34.9 Å². The van der Waals surface area contributed by atoms with E-state index in [1.165, 1.54) is 0 Å². The van der Waals surface area contributed by atoms with Crippen LogP contribution in [0.25, 0.3) is 0 Å². The Morgan fingerprint density at radius 3 is 2.74 bits per heavy atom. The molecule has 1 saturated carbocycles. The van der Waals surface area contributed by atoms with Gasteiger partial charge in [0, 0.05) is 5.02 Å². The molecule has 2 rings (SSSR count). The minimum Gasteiger partial charge on any atom is -0.481 e. The Hall–Kier alpha value is -1.02. The molecule has 0 spiro atoms. The van der Waals surface area contributed by atoms with Gasteiger partial charge in [-0.2, -0.15) is 0 Å². The third-order valence-electron chi connectivity index (χ3n) is 4.27. The molecule has 0 saturated heterocycles. The van der Waals surface area contributed by atoms with E-state index in [0.717, 1.165) is 36.3 Å². The van der Waals surface area contributed by atoms with Crippen LogP contribution in [0.4, 0.5) is 0 Å². The number of carboxylic acids is 1. The number of rotatable bonds is 3. The van der Waals surface area contributed by atoms with Crippen molar-refractivity contribution in [3.63, 3.8) is 0 Å². The minimum atomic E-state index is -0.660. The Bertz CT molecular complexity index is 468. The molecule has 0 aromatic heterocycles. The first-order chi connectivity index (χ1) is 8.89. The lowest BCUT2D eigenvalue weighted by Crippen LogP contribution is -2.35. The van der Waals surface area contributed by atoms with Gasteiger partial charge in [-0.25, -0.2) is 0 Å². The maximum absolute atomic E-state index is 11.4. The number of benzene rings is 1. The molecule has 0 amide bonds. The topological polar surface area (TPSA) is 37.3 Å². The molecule has 0 aliphatic heterocycles. The summed E-state index contributed by atoms with van der Waals surface area (Å²) in [5.74, 6) is -0.710. The number of aliphatic carboxylic acids is 1. The van der Waals surface area contributed by atoms with Crippen LogP contribution in [0.1, 0.15) is 38.7 Å². The van der Waals surface area contributed by atoms with Crippen molar-refractivity contribution in [1.29, 1.82) is 0 Å². The number of carboxylic acid groups (broad SMARTS) is 1. The summed E-state index contributed by atoms with van der Waals surface area (Å²) in [5, 5.41) is 10.1. The van der Waals surface area contributed by atoms with Gasteiger partial charge in [-0.15, -0.1) is 0 Å². The summed E-state index contributed by atoms with van der Waals surface area (Å²) in [6.07, 6.45) is 3.48. The van der Waals surface area contributed by atoms with Crippen molar-refractivity contribution < 1.29 is 9.90 Å². The Balaban J connectivity index is 2.19. The van der Waals surface area contributed by atoms with Crippen LogP contribution in [0.15, 0.2) is 24.3 Å². The molecule has 104 valence electrons. The van der Waals surface area contributed by atoms with Crippen molar-refractivity contribution in [3.8, 4) is 0 Å². The molecule has 19 heavy (non-hydrogen) atoms. The van der Waals surface area contributed by atoms with Crippen LogP contribution in [-0.4, -0.2) is 11.1 Å². The average Bonchev–Trinajstić information content (AvgIpc) is 2.30. The van der Waals surface area contributed by atoms with Gasteiger partial charge in [0.05, 0.1) is 5.92 Å².